The van der Waals surface area contributed by atoms with Crippen LogP contribution >= 0.6 is 0 Å². The van der Waals surface area contributed by atoms with E-state index in [-0.39, 0.29) is 6.61 Å². The predicted octanol–water partition coefficient (Wildman–Crippen LogP) is 0.360. The van der Waals surface area contributed by atoms with Crippen LogP contribution in [-0.4, -0.2) is 64.3 Å². The summed E-state index contributed by atoms with van der Waals surface area (Å²) in [6, 6.07) is 3.58. The van der Waals surface area contributed by atoms with Gasteiger partial charge in [-0.3, -0.25) is 9.88 Å². The van der Waals surface area contributed by atoms with Gasteiger partial charge in [-0.2, -0.15) is 4.98 Å². The zero-order valence-corrected chi connectivity index (χ0v) is 12.8. The third-order valence-corrected chi connectivity index (χ3v) is 3.76. The predicted molar refractivity (Wildman–Crippen MR) is 86.5 cm³/mol. The molecule has 3 rings (SSSR count). The topological polar surface area (TPSA) is 101 Å². The molecule has 1 saturated heterocycles. The molecule has 0 saturated carbocycles. The van der Waals surface area contributed by atoms with E-state index in [0.717, 1.165) is 26.2 Å². The summed E-state index contributed by atoms with van der Waals surface area (Å²) in [6.07, 6.45) is 4.74. The van der Waals surface area contributed by atoms with Gasteiger partial charge in [-0.05, 0) is 12.1 Å². The summed E-state index contributed by atoms with van der Waals surface area (Å²) in [5, 5.41) is 9.00. The number of nitrogens with zero attached hydrogens (tertiary/aromatic N) is 5. The number of pyridine rings is 1. The van der Waals surface area contributed by atoms with Gasteiger partial charge in [-0.1, -0.05) is 0 Å². The Morgan fingerprint density at radius 2 is 2.04 bits per heavy atom. The first kappa shape index (κ1) is 15.4. The van der Waals surface area contributed by atoms with Crippen molar-refractivity contribution in [1.82, 2.24) is 19.9 Å². The lowest BCUT2D eigenvalue weighted by Gasteiger charge is -2.35. The molecule has 2 aromatic heterocycles. The zero-order chi connectivity index (χ0) is 16.1. The number of nitrogens with two attached hydrogens (primary N) is 1. The second-order valence-electron chi connectivity index (χ2n) is 5.26. The maximum absolute atomic E-state index is 9.00. The highest BCUT2D eigenvalue weighted by Crippen LogP contribution is 2.31. The van der Waals surface area contributed by atoms with Crippen molar-refractivity contribution in [3.63, 3.8) is 0 Å². The summed E-state index contributed by atoms with van der Waals surface area (Å²) in [5.74, 6) is 1.60. The summed E-state index contributed by atoms with van der Waals surface area (Å²) in [7, 11) is 0. The average molecular weight is 316 g/mol. The first-order valence-electron chi connectivity index (χ1n) is 7.54. The Morgan fingerprint density at radius 1 is 1.22 bits per heavy atom. The van der Waals surface area contributed by atoms with Gasteiger partial charge in [0.1, 0.15) is 17.8 Å². The highest BCUT2D eigenvalue weighted by Gasteiger charge is 2.21. The number of aliphatic hydroxyl groups excluding tert-OH is 1. The Hall–Kier alpha value is -2.45. The van der Waals surface area contributed by atoms with Gasteiger partial charge in [0.15, 0.2) is 5.82 Å². The number of anilines is 2. The summed E-state index contributed by atoms with van der Waals surface area (Å²) in [4.78, 5) is 16.7. The molecule has 1 aliphatic rings. The van der Waals surface area contributed by atoms with Crippen LogP contribution in [0.15, 0.2) is 30.9 Å². The van der Waals surface area contributed by atoms with E-state index in [1.54, 1.807) is 24.5 Å². The second-order valence-corrected chi connectivity index (χ2v) is 5.26. The van der Waals surface area contributed by atoms with E-state index in [2.05, 4.69) is 24.8 Å². The van der Waals surface area contributed by atoms with Gasteiger partial charge < -0.3 is 20.5 Å². The fourth-order valence-corrected chi connectivity index (χ4v) is 2.55. The monoisotopic (exact) mass is 316 g/mol. The number of aromatic nitrogens is 3. The van der Waals surface area contributed by atoms with Gasteiger partial charge in [0.05, 0.1) is 12.8 Å². The van der Waals surface area contributed by atoms with Crippen molar-refractivity contribution in [3.05, 3.63) is 30.9 Å². The summed E-state index contributed by atoms with van der Waals surface area (Å²) in [5.41, 5.74) is 6.61. The molecule has 0 aliphatic carbocycles. The first-order chi connectivity index (χ1) is 11.3. The van der Waals surface area contributed by atoms with E-state index in [1.165, 1.54) is 6.33 Å². The lowest BCUT2D eigenvalue weighted by molar-refractivity contribution is 0.188. The van der Waals surface area contributed by atoms with Crippen molar-refractivity contribution in [2.45, 2.75) is 0 Å². The maximum atomic E-state index is 9.00. The quantitative estimate of drug-likeness (QED) is 0.815. The third kappa shape index (κ3) is 3.66. The van der Waals surface area contributed by atoms with E-state index in [9.17, 15) is 0 Å². The number of ether oxygens (including phenoxy) is 1. The van der Waals surface area contributed by atoms with Crippen LogP contribution in [0.25, 0.3) is 0 Å². The molecule has 0 unspecified atom stereocenters. The Morgan fingerprint density at radius 3 is 2.74 bits per heavy atom. The molecule has 2 aromatic rings. The van der Waals surface area contributed by atoms with Crippen LogP contribution in [0.4, 0.5) is 11.5 Å². The van der Waals surface area contributed by atoms with Gasteiger partial charge in [-0.25, -0.2) is 4.98 Å². The molecule has 0 atom stereocenters. The highest BCUT2D eigenvalue weighted by molar-refractivity contribution is 5.68. The molecular formula is C15H20N6O2. The number of piperazine rings is 1. The third-order valence-electron chi connectivity index (χ3n) is 3.76. The van der Waals surface area contributed by atoms with Crippen LogP contribution in [0.2, 0.25) is 0 Å². The molecule has 3 N–H and O–H groups in total. The van der Waals surface area contributed by atoms with Crippen LogP contribution in [-0.2, 0) is 0 Å². The van der Waals surface area contributed by atoms with Gasteiger partial charge in [0.25, 0.3) is 0 Å². The Labute approximate surface area is 134 Å². The van der Waals surface area contributed by atoms with Crippen molar-refractivity contribution < 1.29 is 9.84 Å². The molecule has 8 heteroatoms. The molecule has 1 aliphatic heterocycles. The number of nitrogen functional groups attached to an aromatic ring is 1. The lowest BCUT2D eigenvalue weighted by atomic mass is 10.3. The van der Waals surface area contributed by atoms with Crippen LogP contribution < -0.4 is 15.4 Å². The van der Waals surface area contributed by atoms with Crippen molar-refractivity contribution in [3.8, 4) is 11.6 Å². The number of hydrogen-bond donors (Lipinski definition) is 2. The van der Waals surface area contributed by atoms with E-state index in [0.29, 0.717) is 29.7 Å². The van der Waals surface area contributed by atoms with Crippen LogP contribution in [0, 0.1) is 0 Å². The van der Waals surface area contributed by atoms with Crippen molar-refractivity contribution in [2.75, 3.05) is 50.0 Å². The van der Waals surface area contributed by atoms with E-state index in [4.69, 9.17) is 15.6 Å². The van der Waals surface area contributed by atoms with Gasteiger partial charge in [0.2, 0.25) is 5.88 Å². The summed E-state index contributed by atoms with van der Waals surface area (Å²) >= 11 is 0. The van der Waals surface area contributed by atoms with Crippen molar-refractivity contribution in [2.24, 2.45) is 0 Å². The van der Waals surface area contributed by atoms with Gasteiger partial charge >= 0.3 is 0 Å². The standard InChI is InChI=1S/C15H20N6O2/c16-13-14(21-6-4-20(5-7-21)8-9-22)18-11-19-15(13)23-12-2-1-3-17-10-12/h1-3,10-11,22H,4-9,16H2. The lowest BCUT2D eigenvalue weighted by Crippen LogP contribution is -2.47. The van der Waals surface area contributed by atoms with Crippen LogP contribution in [0.3, 0.4) is 0 Å². The minimum atomic E-state index is 0.179. The van der Waals surface area contributed by atoms with Crippen LogP contribution in [0.5, 0.6) is 11.6 Å². The Balaban J connectivity index is 1.73. The molecule has 0 aromatic carbocycles. The van der Waals surface area contributed by atoms with Crippen LogP contribution in [0.1, 0.15) is 0 Å². The second kappa shape index (κ2) is 7.21. The van der Waals surface area contributed by atoms with E-state index < -0.39 is 0 Å². The molecular weight excluding hydrogens is 296 g/mol. The van der Waals surface area contributed by atoms with Crippen molar-refractivity contribution in [1.29, 1.82) is 0 Å². The first-order valence-corrected chi connectivity index (χ1v) is 7.54. The minimum Gasteiger partial charge on any atom is -0.435 e. The largest absolute Gasteiger partial charge is 0.435 e. The minimum absolute atomic E-state index is 0.179. The fraction of sp³-hybridized carbons (Fsp3) is 0.400. The Kier molecular flexibility index (Phi) is 4.84. The molecule has 122 valence electrons. The fourth-order valence-electron chi connectivity index (χ4n) is 2.55. The number of β-amino-alcohol motifs (C(OH)–C–C–N with tert-alkyl or cyclic N) is 1. The highest BCUT2D eigenvalue weighted by atomic mass is 16.5. The molecule has 0 radical (unpaired) electrons. The number of hydrogen-bond acceptors (Lipinski definition) is 8. The molecule has 3 heterocycles. The van der Waals surface area contributed by atoms with Gasteiger partial charge in [-0.15, -0.1) is 0 Å². The maximum Gasteiger partial charge on any atom is 0.248 e. The summed E-state index contributed by atoms with van der Waals surface area (Å²) in [6.45, 7) is 4.20. The average Bonchev–Trinajstić information content (AvgIpc) is 2.59. The molecule has 8 nitrogen and oxygen atoms in total. The molecule has 23 heavy (non-hydrogen) atoms. The molecule has 0 bridgehead atoms. The SMILES string of the molecule is Nc1c(Oc2cccnc2)ncnc1N1CCN(CCO)CC1. The number of rotatable bonds is 5. The molecule has 0 spiro atoms. The van der Waals surface area contributed by atoms with E-state index in [1.807, 2.05) is 0 Å². The smallest absolute Gasteiger partial charge is 0.248 e. The Bertz CT molecular complexity index is 631. The zero-order valence-electron chi connectivity index (χ0n) is 12.8. The molecule has 0 amide bonds. The molecule has 1 fully saturated rings. The van der Waals surface area contributed by atoms with Gasteiger partial charge in [0, 0.05) is 38.9 Å². The van der Waals surface area contributed by atoms with E-state index >= 15 is 0 Å². The van der Waals surface area contributed by atoms with Crippen molar-refractivity contribution >= 4 is 11.5 Å². The normalized spacial score (nSPS) is 15.6. The summed E-state index contributed by atoms with van der Waals surface area (Å²) < 4.78 is 5.69. The number of aliphatic hydroxyl groups is 1.